The van der Waals surface area contributed by atoms with Crippen molar-refractivity contribution in [3.05, 3.63) is 71.0 Å². The van der Waals surface area contributed by atoms with Crippen LogP contribution < -0.4 is 5.32 Å². The van der Waals surface area contributed by atoms with E-state index in [2.05, 4.69) is 5.32 Å². The maximum absolute atomic E-state index is 13.0. The van der Waals surface area contributed by atoms with Gasteiger partial charge in [0, 0.05) is 6.54 Å². The van der Waals surface area contributed by atoms with Gasteiger partial charge < -0.3 is 10.4 Å². The molecule has 0 radical (unpaired) electrons. The molecular weight excluding hydrogens is 326 g/mol. The van der Waals surface area contributed by atoms with Crippen molar-refractivity contribution in [3.8, 4) is 0 Å². The van der Waals surface area contributed by atoms with E-state index in [9.17, 15) is 27.5 Å². The molecule has 0 aromatic heterocycles. The second-order valence-electron chi connectivity index (χ2n) is 5.21. The number of nitrogens with one attached hydrogen (secondary N) is 1. The first-order chi connectivity index (χ1) is 11.3. The quantitative estimate of drug-likeness (QED) is 0.821. The molecule has 2 N–H and O–H groups in total. The monoisotopic (exact) mass is 341 g/mol. The van der Waals surface area contributed by atoms with Gasteiger partial charge in [-0.1, -0.05) is 30.3 Å². The van der Waals surface area contributed by atoms with Crippen molar-refractivity contribution in [1.29, 1.82) is 0 Å². The predicted octanol–water partition coefficient (Wildman–Crippen LogP) is 3.24. The van der Waals surface area contributed by atoms with Crippen molar-refractivity contribution in [2.45, 2.75) is 18.7 Å². The number of aliphatic hydroxyl groups is 1. The van der Waals surface area contributed by atoms with Crippen molar-refractivity contribution < 1.29 is 27.5 Å². The summed E-state index contributed by atoms with van der Waals surface area (Å²) >= 11 is 0. The number of benzene rings is 2. The van der Waals surface area contributed by atoms with E-state index in [0.717, 1.165) is 12.1 Å². The van der Waals surface area contributed by atoms with Crippen molar-refractivity contribution in [2.75, 3.05) is 6.54 Å². The molecule has 0 heterocycles. The molecule has 128 valence electrons. The van der Waals surface area contributed by atoms with E-state index in [0.29, 0.717) is 5.56 Å². The van der Waals surface area contributed by atoms with Crippen LogP contribution >= 0.6 is 0 Å². The normalized spacial score (nSPS) is 12.7. The van der Waals surface area contributed by atoms with Gasteiger partial charge in [0.1, 0.15) is 5.82 Å². The lowest BCUT2D eigenvalue weighted by Gasteiger charge is -2.18. The highest BCUT2D eigenvalue weighted by Gasteiger charge is 2.34. The highest BCUT2D eigenvalue weighted by Crippen LogP contribution is 2.34. The lowest BCUT2D eigenvalue weighted by Crippen LogP contribution is -2.30. The van der Waals surface area contributed by atoms with Crippen LogP contribution in [-0.4, -0.2) is 17.6 Å². The molecule has 2 aromatic rings. The Balaban J connectivity index is 1.98. The fourth-order valence-corrected chi connectivity index (χ4v) is 2.26. The van der Waals surface area contributed by atoms with Gasteiger partial charge >= 0.3 is 6.18 Å². The predicted molar refractivity (Wildman–Crippen MR) is 79.5 cm³/mol. The van der Waals surface area contributed by atoms with E-state index in [1.165, 1.54) is 30.3 Å². The van der Waals surface area contributed by atoms with Crippen LogP contribution in [0.1, 0.15) is 22.8 Å². The molecule has 1 atom stereocenters. The van der Waals surface area contributed by atoms with Crippen LogP contribution in [0.2, 0.25) is 0 Å². The molecule has 0 bridgehead atoms. The molecule has 1 amide bonds. The van der Waals surface area contributed by atoms with Gasteiger partial charge in [0.2, 0.25) is 5.91 Å². The maximum atomic E-state index is 13.0. The van der Waals surface area contributed by atoms with Crippen molar-refractivity contribution in [1.82, 2.24) is 5.32 Å². The second kappa shape index (κ2) is 7.44. The Kier molecular flexibility index (Phi) is 5.56. The first kappa shape index (κ1) is 17.9. The fourth-order valence-electron chi connectivity index (χ4n) is 2.26. The van der Waals surface area contributed by atoms with Crippen LogP contribution in [0.3, 0.4) is 0 Å². The van der Waals surface area contributed by atoms with E-state index in [-0.39, 0.29) is 18.5 Å². The third kappa shape index (κ3) is 4.79. The van der Waals surface area contributed by atoms with E-state index >= 15 is 0 Å². The SMILES string of the molecule is O=C(Cc1cccc(F)c1)NC[C@H](O)c1ccccc1C(F)(F)F. The second-order valence-corrected chi connectivity index (χ2v) is 5.21. The standard InChI is InChI=1S/C17H15F4NO2/c18-12-5-3-4-11(8-12)9-16(24)22-10-15(23)13-6-1-2-7-14(13)17(19,20)21/h1-8,15,23H,9-10H2,(H,22,24)/t15-/m0/s1. The van der Waals surface area contributed by atoms with Crippen molar-refractivity contribution in [3.63, 3.8) is 0 Å². The Morgan fingerprint density at radius 3 is 2.50 bits per heavy atom. The third-order valence-corrected chi connectivity index (χ3v) is 3.37. The first-order valence-corrected chi connectivity index (χ1v) is 7.12. The van der Waals surface area contributed by atoms with Crippen LogP contribution in [0.5, 0.6) is 0 Å². The lowest BCUT2D eigenvalue weighted by molar-refractivity contribution is -0.139. The summed E-state index contributed by atoms with van der Waals surface area (Å²) in [4.78, 5) is 11.8. The lowest BCUT2D eigenvalue weighted by atomic mass is 10.0. The summed E-state index contributed by atoms with van der Waals surface area (Å²) in [6.45, 7) is -0.374. The summed E-state index contributed by atoms with van der Waals surface area (Å²) < 4.78 is 51.7. The molecule has 0 saturated carbocycles. The molecule has 0 aliphatic rings. The van der Waals surface area contributed by atoms with Crippen LogP contribution in [0.15, 0.2) is 48.5 Å². The molecule has 7 heteroatoms. The first-order valence-electron chi connectivity index (χ1n) is 7.12. The highest BCUT2D eigenvalue weighted by atomic mass is 19.4. The number of rotatable bonds is 5. The molecule has 0 spiro atoms. The summed E-state index contributed by atoms with van der Waals surface area (Å²) in [5.74, 6) is -1.01. The number of hydrogen-bond donors (Lipinski definition) is 2. The number of carbonyl (C=O) groups excluding carboxylic acids is 1. The van der Waals surface area contributed by atoms with Gasteiger partial charge in [0.15, 0.2) is 0 Å². The highest BCUT2D eigenvalue weighted by molar-refractivity contribution is 5.78. The maximum Gasteiger partial charge on any atom is 0.416 e. The number of aliphatic hydroxyl groups excluding tert-OH is 1. The van der Waals surface area contributed by atoms with E-state index < -0.39 is 29.6 Å². The topological polar surface area (TPSA) is 49.3 Å². The molecule has 3 nitrogen and oxygen atoms in total. The number of hydrogen-bond acceptors (Lipinski definition) is 2. The summed E-state index contributed by atoms with van der Waals surface area (Å²) in [5, 5.41) is 12.3. The molecule has 0 saturated heterocycles. The average Bonchev–Trinajstić information content (AvgIpc) is 2.52. The van der Waals surface area contributed by atoms with Gasteiger partial charge in [-0.3, -0.25) is 4.79 Å². The molecular formula is C17H15F4NO2. The number of alkyl halides is 3. The Hall–Kier alpha value is -2.41. The van der Waals surface area contributed by atoms with E-state index in [1.807, 2.05) is 0 Å². The minimum absolute atomic E-state index is 0.134. The smallest absolute Gasteiger partial charge is 0.387 e. The van der Waals surface area contributed by atoms with Gasteiger partial charge in [-0.2, -0.15) is 13.2 Å². The molecule has 2 rings (SSSR count). The van der Waals surface area contributed by atoms with Gasteiger partial charge in [-0.05, 0) is 29.3 Å². The van der Waals surface area contributed by atoms with E-state index in [1.54, 1.807) is 6.07 Å². The van der Waals surface area contributed by atoms with Crippen LogP contribution in [0, 0.1) is 5.82 Å². The fraction of sp³-hybridized carbons (Fsp3) is 0.235. The van der Waals surface area contributed by atoms with Crippen LogP contribution in [0.25, 0.3) is 0 Å². The molecule has 2 aromatic carbocycles. The largest absolute Gasteiger partial charge is 0.416 e. The average molecular weight is 341 g/mol. The van der Waals surface area contributed by atoms with Gasteiger partial charge in [0.25, 0.3) is 0 Å². The minimum atomic E-state index is -4.59. The summed E-state index contributed by atoms with van der Waals surface area (Å²) in [7, 11) is 0. The van der Waals surface area contributed by atoms with Gasteiger partial charge in [-0.25, -0.2) is 4.39 Å². The number of amides is 1. The molecule has 0 aliphatic carbocycles. The zero-order valence-electron chi connectivity index (χ0n) is 12.5. The Morgan fingerprint density at radius 2 is 1.83 bits per heavy atom. The van der Waals surface area contributed by atoms with Gasteiger partial charge in [0.05, 0.1) is 18.1 Å². The van der Waals surface area contributed by atoms with Crippen LogP contribution in [-0.2, 0) is 17.4 Å². The van der Waals surface area contributed by atoms with Crippen LogP contribution in [0.4, 0.5) is 17.6 Å². The Labute approximate surface area is 135 Å². The summed E-state index contributed by atoms with van der Waals surface area (Å²) in [6.07, 6.45) is -6.23. The molecule has 0 unspecified atom stereocenters. The van der Waals surface area contributed by atoms with E-state index in [4.69, 9.17) is 0 Å². The molecule has 0 fully saturated rings. The summed E-state index contributed by atoms with van der Waals surface area (Å²) in [5.41, 5.74) is -0.828. The van der Waals surface area contributed by atoms with Crippen molar-refractivity contribution in [2.24, 2.45) is 0 Å². The summed E-state index contributed by atoms with van der Waals surface area (Å²) in [6, 6.07) is 10.1. The molecule has 24 heavy (non-hydrogen) atoms. The Bertz CT molecular complexity index is 716. The number of carbonyl (C=O) groups is 1. The zero-order chi connectivity index (χ0) is 17.7. The third-order valence-electron chi connectivity index (χ3n) is 3.37. The van der Waals surface area contributed by atoms with Crippen molar-refractivity contribution >= 4 is 5.91 Å². The van der Waals surface area contributed by atoms with Gasteiger partial charge in [-0.15, -0.1) is 0 Å². The molecule has 0 aliphatic heterocycles. The Morgan fingerprint density at radius 1 is 1.12 bits per heavy atom. The minimum Gasteiger partial charge on any atom is -0.387 e. The zero-order valence-corrected chi connectivity index (χ0v) is 12.5. The number of halogens is 4.